The zero-order chi connectivity index (χ0) is 13.5. The molecule has 0 aliphatic rings. The molecule has 0 saturated carbocycles. The first kappa shape index (κ1) is 14.1. The summed E-state index contributed by atoms with van der Waals surface area (Å²) in [6.45, 7) is 0. The number of anilines is 2. The van der Waals surface area contributed by atoms with Crippen LogP contribution in [0.3, 0.4) is 0 Å². The zero-order valence-corrected chi connectivity index (χ0v) is 11.0. The average molecular weight is 282 g/mol. The summed E-state index contributed by atoms with van der Waals surface area (Å²) in [5, 5.41) is 15.6. The van der Waals surface area contributed by atoms with Gasteiger partial charge in [-0.15, -0.1) is 0 Å². The van der Waals surface area contributed by atoms with Crippen LogP contribution in [0, 0.1) is 10.7 Å². The van der Waals surface area contributed by atoms with E-state index < -0.39 is 6.09 Å². The van der Waals surface area contributed by atoms with E-state index in [0.717, 1.165) is 16.7 Å². The lowest BCUT2D eigenvalue weighted by Gasteiger charge is -2.11. The van der Waals surface area contributed by atoms with Crippen molar-refractivity contribution in [1.82, 2.24) is 5.32 Å². The summed E-state index contributed by atoms with van der Waals surface area (Å²) in [4.78, 5) is 11.6. The van der Waals surface area contributed by atoms with Crippen molar-refractivity contribution in [2.75, 3.05) is 18.2 Å². The maximum Gasteiger partial charge on any atom is 0.413 e. The highest BCUT2D eigenvalue weighted by Crippen LogP contribution is 2.25. The Morgan fingerprint density at radius 3 is 2.89 bits per heavy atom. The fraction of sp³-hybridized carbons (Fsp3) is 0.100. The quantitative estimate of drug-likeness (QED) is 0.329. The van der Waals surface area contributed by atoms with Gasteiger partial charge in [0, 0.05) is 4.90 Å². The van der Waals surface area contributed by atoms with Crippen LogP contribution in [0.5, 0.6) is 0 Å². The lowest BCUT2D eigenvalue weighted by Crippen LogP contribution is -2.34. The Bertz CT molecular complexity index is 513. The minimum atomic E-state index is -0.664. The number of thiocyanates is 1. The number of nitrogens with zero attached hydrogens (tertiary/aromatic N) is 1. The van der Waals surface area contributed by atoms with Crippen molar-refractivity contribution in [3.05, 3.63) is 18.2 Å². The summed E-state index contributed by atoms with van der Waals surface area (Å²) < 4.78 is 4.39. The number of hydrogen-bond acceptors (Lipinski definition) is 6. The molecule has 0 bridgehead atoms. The Labute approximate surface area is 113 Å². The highest BCUT2D eigenvalue weighted by Gasteiger charge is 2.06. The molecule has 1 rings (SSSR count). The number of carbonyl (C=O) groups is 1. The van der Waals surface area contributed by atoms with Crippen molar-refractivity contribution in [2.24, 2.45) is 0 Å². The second-order valence-electron chi connectivity index (χ2n) is 3.01. The molecule has 0 atom stereocenters. The second-order valence-corrected chi connectivity index (χ2v) is 4.28. The number of ether oxygens (including phenoxy) is 1. The largest absolute Gasteiger partial charge is 0.453 e. The summed E-state index contributed by atoms with van der Waals surface area (Å²) in [5.41, 5.74) is 6.74. The van der Waals surface area contributed by atoms with Crippen LogP contribution in [0.25, 0.3) is 0 Å². The third kappa shape index (κ3) is 4.12. The maximum absolute atomic E-state index is 10.9. The van der Waals surface area contributed by atoms with Crippen molar-refractivity contribution in [3.8, 4) is 5.40 Å². The number of rotatable bonds is 2. The molecule has 8 heteroatoms. The number of nitriles is 1. The van der Waals surface area contributed by atoms with E-state index in [0.29, 0.717) is 11.4 Å². The Kier molecular flexibility index (Phi) is 5.23. The summed E-state index contributed by atoms with van der Waals surface area (Å²) in [6, 6.07) is 5.02. The van der Waals surface area contributed by atoms with Gasteiger partial charge in [0.15, 0.2) is 5.11 Å². The first-order valence-electron chi connectivity index (χ1n) is 4.68. The summed E-state index contributed by atoms with van der Waals surface area (Å²) >= 11 is 5.89. The normalized spacial score (nSPS) is 9.11. The molecule has 0 aliphatic heterocycles. The van der Waals surface area contributed by atoms with Gasteiger partial charge in [0.05, 0.1) is 18.5 Å². The lowest BCUT2D eigenvalue weighted by atomic mass is 10.3. The molecule has 1 aromatic carbocycles. The molecular formula is C10H10N4O2S2. The summed E-state index contributed by atoms with van der Waals surface area (Å²) in [6.07, 6.45) is -0.664. The maximum atomic E-state index is 10.9. The molecule has 0 aliphatic carbocycles. The minimum Gasteiger partial charge on any atom is -0.453 e. The Morgan fingerprint density at radius 1 is 1.61 bits per heavy atom. The van der Waals surface area contributed by atoms with Crippen LogP contribution in [0.2, 0.25) is 0 Å². The van der Waals surface area contributed by atoms with Gasteiger partial charge in [-0.05, 0) is 42.2 Å². The number of thiocarbonyl (C=S) groups is 1. The van der Waals surface area contributed by atoms with Crippen LogP contribution >= 0.6 is 24.0 Å². The van der Waals surface area contributed by atoms with Gasteiger partial charge in [-0.1, -0.05) is 0 Å². The third-order valence-corrected chi connectivity index (χ3v) is 2.62. The smallest absolute Gasteiger partial charge is 0.413 e. The van der Waals surface area contributed by atoms with Gasteiger partial charge in [-0.2, -0.15) is 5.26 Å². The number of alkyl carbamates (subject to hydrolysis) is 1. The van der Waals surface area contributed by atoms with Crippen molar-refractivity contribution in [3.63, 3.8) is 0 Å². The molecule has 1 aromatic rings. The molecule has 18 heavy (non-hydrogen) atoms. The van der Waals surface area contributed by atoms with E-state index in [1.165, 1.54) is 7.11 Å². The molecule has 0 fully saturated rings. The predicted octanol–water partition coefficient (Wildman–Crippen LogP) is 1.89. The van der Waals surface area contributed by atoms with Crippen molar-refractivity contribution in [2.45, 2.75) is 4.90 Å². The number of nitrogens with two attached hydrogens (primary N) is 1. The Hall–Kier alpha value is -1.98. The number of nitrogen functional groups attached to an aromatic ring is 1. The van der Waals surface area contributed by atoms with Crippen LogP contribution in [0.1, 0.15) is 0 Å². The monoisotopic (exact) mass is 282 g/mol. The molecular weight excluding hydrogens is 272 g/mol. The van der Waals surface area contributed by atoms with Gasteiger partial charge < -0.3 is 15.8 Å². The number of benzene rings is 1. The number of methoxy groups -OCH3 is 1. The number of thioether (sulfide) groups is 1. The second kappa shape index (κ2) is 6.68. The fourth-order valence-electron chi connectivity index (χ4n) is 1.07. The zero-order valence-electron chi connectivity index (χ0n) is 9.39. The van der Waals surface area contributed by atoms with Crippen LogP contribution in [-0.4, -0.2) is 18.3 Å². The van der Waals surface area contributed by atoms with Crippen LogP contribution in [0.15, 0.2) is 23.1 Å². The van der Waals surface area contributed by atoms with Crippen LogP contribution in [-0.2, 0) is 4.74 Å². The number of amides is 1. The van der Waals surface area contributed by atoms with E-state index in [2.05, 4.69) is 15.4 Å². The average Bonchev–Trinajstić information content (AvgIpc) is 2.33. The first-order chi connectivity index (χ1) is 8.56. The van der Waals surface area contributed by atoms with Crippen LogP contribution < -0.4 is 16.4 Å². The van der Waals surface area contributed by atoms with E-state index in [-0.39, 0.29) is 5.11 Å². The van der Waals surface area contributed by atoms with E-state index in [4.69, 9.17) is 23.2 Å². The first-order valence-corrected chi connectivity index (χ1v) is 5.90. The van der Waals surface area contributed by atoms with Gasteiger partial charge in [0.2, 0.25) is 0 Å². The molecule has 0 saturated heterocycles. The topological polar surface area (TPSA) is 100 Å². The highest BCUT2D eigenvalue weighted by atomic mass is 32.2. The van der Waals surface area contributed by atoms with E-state index >= 15 is 0 Å². The molecule has 4 N–H and O–H groups in total. The van der Waals surface area contributed by atoms with Crippen molar-refractivity contribution in [1.29, 1.82) is 5.26 Å². The molecule has 6 nitrogen and oxygen atoms in total. The van der Waals surface area contributed by atoms with E-state index in [1.807, 2.05) is 5.40 Å². The number of nitrogens with one attached hydrogen (secondary N) is 2. The molecule has 0 spiro atoms. The number of hydrogen-bond donors (Lipinski definition) is 3. The summed E-state index contributed by atoms with van der Waals surface area (Å²) in [5.74, 6) is 0. The Morgan fingerprint density at radius 2 is 2.33 bits per heavy atom. The van der Waals surface area contributed by atoms with Gasteiger partial charge >= 0.3 is 6.09 Å². The van der Waals surface area contributed by atoms with Gasteiger partial charge in [-0.3, -0.25) is 5.32 Å². The van der Waals surface area contributed by atoms with Gasteiger partial charge in [-0.25, -0.2) is 4.79 Å². The van der Waals surface area contributed by atoms with E-state index in [1.54, 1.807) is 18.2 Å². The highest BCUT2D eigenvalue weighted by molar-refractivity contribution is 8.03. The summed E-state index contributed by atoms with van der Waals surface area (Å²) in [7, 11) is 1.24. The number of carbonyl (C=O) groups excluding carboxylic acids is 1. The molecule has 0 heterocycles. The fourth-order valence-corrected chi connectivity index (χ4v) is 1.69. The van der Waals surface area contributed by atoms with E-state index in [9.17, 15) is 4.79 Å². The molecule has 94 valence electrons. The molecule has 0 aromatic heterocycles. The third-order valence-electron chi connectivity index (χ3n) is 1.84. The lowest BCUT2D eigenvalue weighted by molar-refractivity contribution is 0.177. The Balaban J connectivity index is 2.71. The van der Waals surface area contributed by atoms with Gasteiger partial charge in [0.25, 0.3) is 0 Å². The molecule has 0 radical (unpaired) electrons. The van der Waals surface area contributed by atoms with Crippen molar-refractivity contribution < 1.29 is 9.53 Å². The molecule has 1 amide bonds. The minimum absolute atomic E-state index is 0.0780. The van der Waals surface area contributed by atoms with Crippen LogP contribution in [0.4, 0.5) is 16.2 Å². The molecule has 0 unspecified atom stereocenters. The SMILES string of the molecule is COC(=O)NC(=S)Nc1ccc(SC#N)cc1N. The standard InChI is InChI=1S/C10H10N4O2S2/c1-16-10(15)14-9(17)13-8-3-2-6(18-5-11)4-7(8)12/h2-4H,12H2,1H3,(H2,13,14,15,17). The van der Waals surface area contributed by atoms with Gasteiger partial charge in [0.1, 0.15) is 5.40 Å². The predicted molar refractivity (Wildman–Crippen MR) is 74.1 cm³/mol. The van der Waals surface area contributed by atoms with Crippen molar-refractivity contribution >= 4 is 46.6 Å².